The number of hydrogen-bond donors (Lipinski definition) is 2. The van der Waals surface area contributed by atoms with Crippen molar-refractivity contribution in [1.82, 2.24) is 10.2 Å². The van der Waals surface area contributed by atoms with E-state index < -0.39 is 23.8 Å². The Morgan fingerprint density at radius 3 is 2.27 bits per heavy atom. The van der Waals surface area contributed by atoms with Crippen molar-refractivity contribution >= 4 is 35.2 Å². The number of unbranched alkanes of at least 4 members (excludes halogenated alkanes) is 2. The third kappa shape index (κ3) is 9.54. The first-order valence-corrected chi connectivity index (χ1v) is 14.6. The molecule has 220 valence electrons. The van der Waals surface area contributed by atoms with Gasteiger partial charge >= 0.3 is 6.09 Å². The number of anilines is 1. The van der Waals surface area contributed by atoms with E-state index in [0.29, 0.717) is 35.7 Å². The number of alkyl carbamates (subject to hydrolysis) is 1. The molecule has 0 aliphatic heterocycles. The van der Waals surface area contributed by atoms with Gasteiger partial charge in [-0.2, -0.15) is 0 Å². The quantitative estimate of drug-likeness (QED) is 0.257. The molecule has 0 aliphatic carbocycles. The minimum Gasteiger partial charge on any atom is -0.444 e. The van der Waals surface area contributed by atoms with Crippen LogP contribution in [-0.2, 0) is 14.3 Å². The molecular formula is C32H46ClN3O4. The van der Waals surface area contributed by atoms with Crippen molar-refractivity contribution in [3.05, 3.63) is 64.2 Å². The molecule has 2 N–H and O–H groups in total. The zero-order valence-corrected chi connectivity index (χ0v) is 26.0. The van der Waals surface area contributed by atoms with E-state index in [4.69, 9.17) is 16.3 Å². The molecule has 40 heavy (non-hydrogen) atoms. The van der Waals surface area contributed by atoms with E-state index >= 15 is 0 Å². The van der Waals surface area contributed by atoms with Crippen molar-refractivity contribution in [2.75, 3.05) is 11.9 Å². The first-order valence-electron chi connectivity index (χ1n) is 14.2. The van der Waals surface area contributed by atoms with Crippen LogP contribution in [0, 0.1) is 19.8 Å². The number of benzene rings is 2. The maximum Gasteiger partial charge on any atom is 0.408 e. The van der Waals surface area contributed by atoms with Gasteiger partial charge in [-0.15, -0.1) is 0 Å². The van der Waals surface area contributed by atoms with Gasteiger partial charge < -0.3 is 20.3 Å². The maximum atomic E-state index is 14.4. The van der Waals surface area contributed by atoms with Crippen LogP contribution in [0.25, 0.3) is 0 Å². The maximum absolute atomic E-state index is 14.4. The van der Waals surface area contributed by atoms with Gasteiger partial charge in [-0.3, -0.25) is 9.59 Å². The van der Waals surface area contributed by atoms with Gasteiger partial charge in [0.05, 0.1) is 10.7 Å². The highest BCUT2D eigenvalue weighted by Crippen LogP contribution is 2.30. The molecular weight excluding hydrogens is 526 g/mol. The number of halogens is 1. The zero-order chi connectivity index (χ0) is 30.0. The van der Waals surface area contributed by atoms with E-state index in [1.54, 1.807) is 31.7 Å². The Balaban J connectivity index is 2.60. The summed E-state index contributed by atoms with van der Waals surface area (Å²) in [5.41, 5.74) is 2.27. The molecule has 0 saturated carbocycles. The second-order valence-corrected chi connectivity index (χ2v) is 11.9. The monoisotopic (exact) mass is 571 g/mol. The number of hydrogen-bond acceptors (Lipinski definition) is 4. The molecule has 3 unspecified atom stereocenters. The summed E-state index contributed by atoms with van der Waals surface area (Å²) < 4.78 is 5.49. The average molecular weight is 572 g/mol. The average Bonchev–Trinajstić information content (AvgIpc) is 2.87. The molecule has 0 aliphatic rings. The molecule has 0 heterocycles. The molecule has 0 spiro atoms. The zero-order valence-electron chi connectivity index (χ0n) is 25.3. The van der Waals surface area contributed by atoms with Crippen LogP contribution in [0.5, 0.6) is 0 Å². The van der Waals surface area contributed by atoms with E-state index in [1.165, 1.54) is 0 Å². The van der Waals surface area contributed by atoms with Crippen LogP contribution in [0.4, 0.5) is 10.5 Å². The third-order valence-electron chi connectivity index (χ3n) is 6.82. The van der Waals surface area contributed by atoms with Gasteiger partial charge in [0, 0.05) is 6.54 Å². The number of ether oxygens (including phenoxy) is 1. The molecule has 2 aromatic carbocycles. The Morgan fingerprint density at radius 1 is 1.02 bits per heavy atom. The van der Waals surface area contributed by atoms with Gasteiger partial charge in [0.2, 0.25) is 5.91 Å². The SMILES string of the molecule is CCCCCN(C(=O)C(NC(=O)OC(C)(C)C)C(C)CC)C(C(=O)Nc1c(C)cccc1Cl)c1cccc(C)c1. The smallest absolute Gasteiger partial charge is 0.408 e. The molecule has 0 fully saturated rings. The molecule has 3 atom stereocenters. The molecule has 0 radical (unpaired) electrons. The van der Waals surface area contributed by atoms with Gasteiger partial charge in [0.25, 0.3) is 5.91 Å². The number of amides is 3. The van der Waals surface area contributed by atoms with E-state index in [-0.39, 0.29) is 17.7 Å². The van der Waals surface area contributed by atoms with Gasteiger partial charge in [-0.05, 0) is 64.2 Å². The summed E-state index contributed by atoms with van der Waals surface area (Å²) in [6.45, 7) is 15.5. The lowest BCUT2D eigenvalue weighted by Crippen LogP contribution is -2.55. The van der Waals surface area contributed by atoms with Crippen molar-refractivity contribution in [2.45, 2.75) is 98.8 Å². The highest BCUT2D eigenvalue weighted by Gasteiger charge is 2.38. The number of nitrogens with zero attached hydrogens (tertiary/aromatic N) is 1. The molecule has 0 aromatic heterocycles. The van der Waals surface area contributed by atoms with Gasteiger partial charge in [-0.25, -0.2) is 4.79 Å². The summed E-state index contributed by atoms with van der Waals surface area (Å²) in [4.78, 5) is 42.9. The fourth-order valence-corrected chi connectivity index (χ4v) is 4.76. The van der Waals surface area contributed by atoms with Crippen molar-refractivity contribution < 1.29 is 19.1 Å². The predicted octanol–water partition coefficient (Wildman–Crippen LogP) is 7.59. The predicted molar refractivity (Wildman–Crippen MR) is 163 cm³/mol. The first kappa shape index (κ1) is 33.1. The molecule has 2 aromatic rings. The molecule has 0 bridgehead atoms. The highest BCUT2D eigenvalue weighted by molar-refractivity contribution is 6.34. The van der Waals surface area contributed by atoms with E-state index in [1.807, 2.05) is 64.1 Å². The molecule has 7 nitrogen and oxygen atoms in total. The molecule has 3 amide bonds. The number of para-hydroxylation sites is 1. The Labute approximate surface area is 245 Å². The van der Waals surface area contributed by atoms with Crippen molar-refractivity contribution in [1.29, 1.82) is 0 Å². The van der Waals surface area contributed by atoms with Crippen LogP contribution < -0.4 is 10.6 Å². The normalized spacial score (nSPS) is 13.6. The standard InChI is InChI=1S/C32H46ClN3O4/c1-9-11-12-19-36(30(38)27(22(4)10-2)35-31(39)40-32(6,7)8)28(24-17-13-15-21(3)20-24)29(37)34-26-23(5)16-14-18-25(26)33/h13-18,20,22,27-28H,9-12,19H2,1-8H3,(H,34,37)(H,35,39). The summed E-state index contributed by atoms with van der Waals surface area (Å²) in [7, 11) is 0. The minimum absolute atomic E-state index is 0.194. The fraction of sp³-hybridized carbons (Fsp3) is 0.531. The second-order valence-electron chi connectivity index (χ2n) is 11.5. The number of rotatable bonds is 12. The van der Waals surface area contributed by atoms with Crippen LogP contribution in [0.3, 0.4) is 0 Å². The van der Waals surface area contributed by atoms with E-state index in [2.05, 4.69) is 17.6 Å². The van der Waals surface area contributed by atoms with Crippen molar-refractivity contribution in [2.24, 2.45) is 5.92 Å². The lowest BCUT2D eigenvalue weighted by Gasteiger charge is -2.36. The molecule has 0 saturated heterocycles. The van der Waals surface area contributed by atoms with Gasteiger partial charge in [-0.1, -0.05) is 93.6 Å². The number of aryl methyl sites for hydroxylation is 2. The van der Waals surface area contributed by atoms with Crippen LogP contribution in [0.1, 0.15) is 90.0 Å². The Hall–Kier alpha value is -3.06. The molecule has 2 rings (SSSR count). The van der Waals surface area contributed by atoms with Crippen LogP contribution >= 0.6 is 11.6 Å². The van der Waals surface area contributed by atoms with Crippen molar-refractivity contribution in [3.8, 4) is 0 Å². The lowest BCUT2D eigenvalue weighted by atomic mass is 9.95. The summed E-state index contributed by atoms with van der Waals surface area (Å²) in [5.74, 6) is -0.888. The Morgan fingerprint density at radius 2 is 1.70 bits per heavy atom. The molecule has 8 heteroatoms. The van der Waals surface area contributed by atoms with Gasteiger partial charge in [0.1, 0.15) is 17.7 Å². The van der Waals surface area contributed by atoms with Gasteiger partial charge in [0.15, 0.2) is 0 Å². The van der Waals surface area contributed by atoms with Crippen LogP contribution in [0.2, 0.25) is 5.02 Å². The number of carbonyl (C=O) groups excluding carboxylic acids is 3. The summed E-state index contributed by atoms with van der Waals surface area (Å²) in [6, 6.07) is 11.2. The third-order valence-corrected chi connectivity index (χ3v) is 7.14. The Bertz CT molecular complexity index is 1140. The lowest BCUT2D eigenvalue weighted by molar-refractivity contribution is -0.142. The van der Waals surface area contributed by atoms with Crippen LogP contribution in [0.15, 0.2) is 42.5 Å². The first-order chi connectivity index (χ1) is 18.8. The largest absolute Gasteiger partial charge is 0.444 e. The topological polar surface area (TPSA) is 87.7 Å². The Kier molecular flexibility index (Phi) is 12.5. The van der Waals surface area contributed by atoms with E-state index in [0.717, 1.165) is 24.0 Å². The summed E-state index contributed by atoms with van der Waals surface area (Å²) >= 11 is 6.46. The fourth-order valence-electron chi connectivity index (χ4n) is 4.49. The number of nitrogens with one attached hydrogen (secondary N) is 2. The van der Waals surface area contributed by atoms with E-state index in [9.17, 15) is 14.4 Å². The second kappa shape index (κ2) is 15.1. The highest BCUT2D eigenvalue weighted by atomic mass is 35.5. The minimum atomic E-state index is -0.938. The summed E-state index contributed by atoms with van der Waals surface area (Å²) in [6.07, 6.45) is 2.54. The summed E-state index contributed by atoms with van der Waals surface area (Å²) in [5, 5.41) is 6.23. The van der Waals surface area contributed by atoms with Crippen LogP contribution in [-0.4, -0.2) is 41.0 Å². The number of carbonyl (C=O) groups is 3. The van der Waals surface area contributed by atoms with Crippen molar-refractivity contribution in [3.63, 3.8) is 0 Å².